The Labute approximate surface area is 148 Å². The van der Waals surface area contributed by atoms with Gasteiger partial charge in [0.1, 0.15) is 0 Å². The monoisotopic (exact) mass is 335 g/mol. The zero-order valence-electron chi connectivity index (χ0n) is 14.9. The lowest BCUT2D eigenvalue weighted by Crippen LogP contribution is -2.04. The number of carbonyl (C=O) groups is 1. The first kappa shape index (κ1) is 17.4. The second-order valence-corrected chi connectivity index (χ2v) is 6.71. The highest BCUT2D eigenvalue weighted by atomic mass is 16.2. The second kappa shape index (κ2) is 7.66. The number of carbonyl (C=O) groups excluding carboxylic acids is 1. The van der Waals surface area contributed by atoms with Gasteiger partial charge in [-0.2, -0.15) is 0 Å². The van der Waals surface area contributed by atoms with Crippen molar-refractivity contribution in [3.8, 4) is 0 Å². The molecule has 0 amide bonds. The first-order chi connectivity index (χ1) is 12.1. The zero-order valence-corrected chi connectivity index (χ0v) is 14.9. The fraction of sp³-hybridized carbons (Fsp3) is 0.318. The highest BCUT2D eigenvalue weighted by molar-refractivity contribution is 6.18. The Balaban J connectivity index is 2.07. The number of H-pyrrole nitrogens is 1. The van der Waals surface area contributed by atoms with Crippen molar-refractivity contribution in [2.24, 2.45) is 0 Å². The predicted molar refractivity (Wildman–Crippen MR) is 102 cm³/mol. The molecule has 25 heavy (non-hydrogen) atoms. The molecular formula is C22H25NO2. The molecule has 1 heterocycles. The third kappa shape index (κ3) is 3.52. The summed E-state index contributed by atoms with van der Waals surface area (Å²) in [6.07, 6.45) is 2.81. The Kier molecular flexibility index (Phi) is 5.34. The third-order valence-electron chi connectivity index (χ3n) is 4.88. The van der Waals surface area contributed by atoms with Crippen LogP contribution in [0.1, 0.15) is 59.3 Å². The highest BCUT2D eigenvalue weighted by Crippen LogP contribution is 2.33. The molecule has 0 aliphatic heterocycles. The number of aliphatic hydroxyl groups excluding tert-OH is 1. The summed E-state index contributed by atoms with van der Waals surface area (Å²) < 4.78 is 0. The average Bonchev–Trinajstić information content (AvgIpc) is 2.97. The van der Waals surface area contributed by atoms with Crippen LogP contribution < -0.4 is 0 Å². The normalized spacial score (nSPS) is 12.4. The molecule has 3 heteroatoms. The molecule has 3 nitrogen and oxygen atoms in total. The van der Waals surface area contributed by atoms with Gasteiger partial charge in [-0.05, 0) is 37.3 Å². The first-order valence-corrected chi connectivity index (χ1v) is 8.95. The molecule has 0 fully saturated rings. The predicted octanol–water partition coefficient (Wildman–Crippen LogP) is 4.97. The molecule has 2 N–H and O–H groups in total. The van der Waals surface area contributed by atoms with E-state index in [1.54, 1.807) is 0 Å². The van der Waals surface area contributed by atoms with Gasteiger partial charge in [-0.15, -0.1) is 0 Å². The molecule has 0 saturated carbocycles. The SMILES string of the molecule is Cc1[nH]c2cccc(C(C)CCCCO)c2c1C(=O)c1ccccc1. The maximum atomic E-state index is 13.1. The molecule has 1 aromatic heterocycles. The second-order valence-electron chi connectivity index (χ2n) is 6.71. The van der Waals surface area contributed by atoms with Gasteiger partial charge in [-0.25, -0.2) is 0 Å². The van der Waals surface area contributed by atoms with Gasteiger partial charge in [-0.1, -0.05) is 55.8 Å². The van der Waals surface area contributed by atoms with E-state index in [-0.39, 0.29) is 12.4 Å². The quantitative estimate of drug-likeness (QED) is 0.473. The molecule has 2 aromatic carbocycles. The molecule has 3 rings (SSSR count). The Hall–Kier alpha value is -2.39. The van der Waals surface area contributed by atoms with Crippen molar-refractivity contribution < 1.29 is 9.90 Å². The Morgan fingerprint density at radius 1 is 1.08 bits per heavy atom. The fourth-order valence-electron chi connectivity index (χ4n) is 3.55. The van der Waals surface area contributed by atoms with E-state index >= 15 is 0 Å². The molecular weight excluding hydrogens is 310 g/mol. The van der Waals surface area contributed by atoms with Crippen LogP contribution in [0.15, 0.2) is 48.5 Å². The number of aromatic nitrogens is 1. The summed E-state index contributed by atoms with van der Waals surface area (Å²) in [5.74, 6) is 0.409. The molecule has 0 spiro atoms. The van der Waals surface area contributed by atoms with Gasteiger partial charge in [0.2, 0.25) is 0 Å². The van der Waals surface area contributed by atoms with E-state index < -0.39 is 0 Å². The van der Waals surface area contributed by atoms with E-state index in [1.807, 2.05) is 49.4 Å². The van der Waals surface area contributed by atoms with Crippen LogP contribution in [0.4, 0.5) is 0 Å². The molecule has 3 aromatic rings. The highest BCUT2D eigenvalue weighted by Gasteiger charge is 2.21. The van der Waals surface area contributed by atoms with Crippen LogP contribution in [0, 0.1) is 6.92 Å². The van der Waals surface area contributed by atoms with Gasteiger partial charge in [-0.3, -0.25) is 4.79 Å². The summed E-state index contributed by atoms with van der Waals surface area (Å²) in [6, 6.07) is 15.7. The lowest BCUT2D eigenvalue weighted by atomic mass is 9.89. The summed E-state index contributed by atoms with van der Waals surface area (Å²) in [6.45, 7) is 4.40. The number of nitrogens with one attached hydrogen (secondary N) is 1. The Morgan fingerprint density at radius 2 is 1.84 bits per heavy atom. The number of aryl methyl sites for hydroxylation is 1. The summed E-state index contributed by atoms with van der Waals surface area (Å²) in [5, 5.41) is 10.1. The lowest BCUT2D eigenvalue weighted by molar-refractivity contribution is 0.103. The van der Waals surface area contributed by atoms with E-state index in [1.165, 1.54) is 5.56 Å². The number of aromatic amines is 1. The summed E-state index contributed by atoms with van der Waals surface area (Å²) in [7, 11) is 0. The van der Waals surface area contributed by atoms with Crippen LogP contribution in [0.2, 0.25) is 0 Å². The van der Waals surface area contributed by atoms with Gasteiger partial charge in [0.15, 0.2) is 5.78 Å². The number of ketones is 1. The number of hydrogen-bond donors (Lipinski definition) is 2. The average molecular weight is 335 g/mol. The van der Waals surface area contributed by atoms with Crippen LogP contribution in [-0.2, 0) is 0 Å². The number of fused-ring (bicyclic) bond motifs is 1. The molecule has 0 radical (unpaired) electrons. The zero-order chi connectivity index (χ0) is 17.8. The summed E-state index contributed by atoms with van der Waals surface area (Å²) in [5.41, 5.74) is 4.64. The van der Waals surface area contributed by atoms with Crippen molar-refractivity contribution in [2.45, 2.75) is 39.0 Å². The molecule has 1 unspecified atom stereocenters. The minimum absolute atomic E-state index is 0.0689. The van der Waals surface area contributed by atoms with Crippen LogP contribution in [-0.4, -0.2) is 22.5 Å². The molecule has 0 saturated heterocycles. The Morgan fingerprint density at radius 3 is 2.56 bits per heavy atom. The number of rotatable bonds is 7. The largest absolute Gasteiger partial charge is 0.396 e. The molecule has 0 aliphatic rings. The van der Waals surface area contributed by atoms with Crippen LogP contribution in [0.3, 0.4) is 0 Å². The van der Waals surface area contributed by atoms with Gasteiger partial charge in [0, 0.05) is 28.8 Å². The maximum Gasteiger partial charge on any atom is 0.195 e. The minimum Gasteiger partial charge on any atom is -0.396 e. The minimum atomic E-state index is 0.0689. The molecule has 0 bridgehead atoms. The van der Waals surface area contributed by atoms with Crippen molar-refractivity contribution in [3.05, 3.63) is 70.9 Å². The van der Waals surface area contributed by atoms with Crippen LogP contribution >= 0.6 is 0 Å². The fourth-order valence-corrected chi connectivity index (χ4v) is 3.55. The van der Waals surface area contributed by atoms with Crippen molar-refractivity contribution in [1.82, 2.24) is 4.98 Å². The van der Waals surface area contributed by atoms with Gasteiger partial charge in [0.05, 0.1) is 5.56 Å². The van der Waals surface area contributed by atoms with Gasteiger partial charge in [0.25, 0.3) is 0 Å². The van der Waals surface area contributed by atoms with E-state index in [9.17, 15) is 4.79 Å². The van der Waals surface area contributed by atoms with Crippen molar-refractivity contribution >= 4 is 16.7 Å². The van der Waals surface area contributed by atoms with Crippen LogP contribution in [0.25, 0.3) is 10.9 Å². The summed E-state index contributed by atoms with van der Waals surface area (Å²) in [4.78, 5) is 16.5. The number of benzene rings is 2. The Bertz CT molecular complexity index is 864. The maximum absolute atomic E-state index is 13.1. The number of aliphatic hydroxyl groups is 1. The van der Waals surface area contributed by atoms with E-state index in [4.69, 9.17) is 5.11 Å². The van der Waals surface area contributed by atoms with Crippen LogP contribution in [0.5, 0.6) is 0 Å². The molecule has 0 aliphatic carbocycles. The van der Waals surface area contributed by atoms with Gasteiger partial charge < -0.3 is 10.1 Å². The standard InChI is InChI=1S/C22H25NO2/c1-15(9-6-7-14-24)18-12-8-13-19-21(18)20(16(2)23-19)22(25)17-10-4-3-5-11-17/h3-5,8,10-13,15,23-24H,6-7,9,14H2,1-2H3. The first-order valence-electron chi connectivity index (χ1n) is 8.95. The van der Waals surface area contributed by atoms with E-state index in [0.717, 1.165) is 41.4 Å². The summed E-state index contributed by atoms with van der Waals surface area (Å²) >= 11 is 0. The number of hydrogen-bond acceptors (Lipinski definition) is 2. The topological polar surface area (TPSA) is 53.1 Å². The smallest absolute Gasteiger partial charge is 0.195 e. The van der Waals surface area contributed by atoms with Crippen molar-refractivity contribution in [1.29, 1.82) is 0 Å². The third-order valence-corrected chi connectivity index (χ3v) is 4.88. The molecule has 130 valence electrons. The lowest BCUT2D eigenvalue weighted by Gasteiger charge is -2.14. The van der Waals surface area contributed by atoms with Crippen molar-refractivity contribution in [2.75, 3.05) is 6.61 Å². The van der Waals surface area contributed by atoms with E-state index in [2.05, 4.69) is 18.0 Å². The van der Waals surface area contributed by atoms with Gasteiger partial charge >= 0.3 is 0 Å². The van der Waals surface area contributed by atoms with E-state index in [0.29, 0.717) is 11.5 Å². The van der Waals surface area contributed by atoms with Crippen molar-refractivity contribution in [3.63, 3.8) is 0 Å². The number of unbranched alkanes of at least 4 members (excludes halogenated alkanes) is 1. The molecule has 1 atom stereocenters.